The quantitative estimate of drug-likeness (QED) is 0.500. The van der Waals surface area contributed by atoms with Crippen LogP contribution in [0.25, 0.3) is 0 Å². The van der Waals surface area contributed by atoms with E-state index in [0.717, 1.165) is 19.6 Å². The molecule has 2 aromatic carbocycles. The predicted octanol–water partition coefficient (Wildman–Crippen LogP) is 2.10. The Morgan fingerprint density at radius 3 is 2.77 bits per heavy atom. The van der Waals surface area contributed by atoms with Gasteiger partial charge in [-0.05, 0) is 55.8 Å². The van der Waals surface area contributed by atoms with Crippen molar-refractivity contribution in [3.05, 3.63) is 65.0 Å². The van der Waals surface area contributed by atoms with Crippen molar-refractivity contribution in [2.24, 2.45) is 5.84 Å². The highest BCUT2D eigenvalue weighted by Crippen LogP contribution is 2.24. The van der Waals surface area contributed by atoms with E-state index < -0.39 is 5.91 Å². The molecule has 138 valence electrons. The molecule has 0 spiro atoms. The summed E-state index contributed by atoms with van der Waals surface area (Å²) in [7, 11) is 2.09. The Kier molecular flexibility index (Phi) is 5.54. The van der Waals surface area contributed by atoms with E-state index in [0.29, 0.717) is 12.0 Å². The Morgan fingerprint density at radius 2 is 2.08 bits per heavy atom. The van der Waals surface area contributed by atoms with Crippen molar-refractivity contribution in [2.45, 2.75) is 19.4 Å². The second-order valence-corrected chi connectivity index (χ2v) is 6.93. The fraction of sp³-hybridized carbons (Fsp3) is 0.350. The Labute approximate surface area is 153 Å². The smallest absolute Gasteiger partial charge is 0.265 e. The first-order valence-corrected chi connectivity index (χ1v) is 8.79. The number of carbonyl (C=O) groups excluding carboxylic acids is 1. The van der Waals surface area contributed by atoms with Crippen molar-refractivity contribution >= 4 is 11.6 Å². The molecule has 1 saturated heterocycles. The summed E-state index contributed by atoms with van der Waals surface area (Å²) in [5.41, 5.74) is 5.24. The molecule has 3 N–H and O–H groups in total. The first-order chi connectivity index (χ1) is 12.5. The third-order valence-corrected chi connectivity index (χ3v) is 4.92. The monoisotopic (exact) mass is 356 g/mol. The maximum Gasteiger partial charge on any atom is 0.265 e. The fourth-order valence-corrected chi connectivity index (χ4v) is 3.52. The summed E-state index contributed by atoms with van der Waals surface area (Å²) in [6.45, 7) is 4.82. The van der Waals surface area contributed by atoms with Gasteiger partial charge in [0.2, 0.25) is 0 Å². The van der Waals surface area contributed by atoms with Crippen LogP contribution in [0.4, 0.5) is 10.1 Å². The van der Waals surface area contributed by atoms with E-state index in [-0.39, 0.29) is 17.4 Å². The molecule has 1 unspecified atom stereocenters. The van der Waals surface area contributed by atoms with Crippen molar-refractivity contribution in [3.8, 4) is 0 Å². The van der Waals surface area contributed by atoms with Crippen molar-refractivity contribution < 1.29 is 9.18 Å². The molecule has 6 heteroatoms. The number of amides is 1. The maximum absolute atomic E-state index is 14.5. The number of hydrogen-bond donors (Lipinski definition) is 2. The average molecular weight is 356 g/mol. The first-order valence-electron chi connectivity index (χ1n) is 8.79. The third-order valence-electron chi connectivity index (χ3n) is 4.92. The fourth-order valence-electron chi connectivity index (χ4n) is 3.52. The largest absolute Gasteiger partial charge is 0.366 e. The number of nitrogen functional groups attached to an aromatic ring is 1. The maximum atomic E-state index is 14.5. The topological polar surface area (TPSA) is 61.6 Å². The summed E-state index contributed by atoms with van der Waals surface area (Å²) >= 11 is 0. The highest BCUT2D eigenvalue weighted by molar-refractivity contribution is 5.93. The lowest BCUT2D eigenvalue weighted by Crippen LogP contribution is -2.53. The van der Waals surface area contributed by atoms with E-state index in [9.17, 15) is 9.18 Å². The van der Waals surface area contributed by atoms with Crippen LogP contribution < -0.4 is 16.2 Å². The zero-order chi connectivity index (χ0) is 18.7. The zero-order valence-electron chi connectivity index (χ0n) is 15.2. The number of likely N-dealkylation sites (N-methyl/N-ethyl adjacent to an activating group) is 1. The Morgan fingerprint density at radius 1 is 1.27 bits per heavy atom. The number of aryl methyl sites for hydroxylation is 1. The van der Waals surface area contributed by atoms with Gasteiger partial charge in [-0.15, -0.1) is 0 Å². The zero-order valence-corrected chi connectivity index (χ0v) is 15.2. The number of nitrogens with two attached hydrogens (primary N) is 1. The van der Waals surface area contributed by atoms with Gasteiger partial charge in [0, 0.05) is 36.9 Å². The van der Waals surface area contributed by atoms with Gasteiger partial charge in [-0.3, -0.25) is 10.2 Å². The van der Waals surface area contributed by atoms with Crippen LogP contribution in [0.15, 0.2) is 42.5 Å². The third kappa shape index (κ3) is 4.03. The van der Waals surface area contributed by atoms with E-state index in [1.54, 1.807) is 12.1 Å². The molecule has 0 saturated carbocycles. The van der Waals surface area contributed by atoms with E-state index in [1.807, 2.05) is 5.43 Å². The van der Waals surface area contributed by atoms with Crippen LogP contribution in [0.5, 0.6) is 0 Å². The average Bonchev–Trinajstić information content (AvgIpc) is 2.63. The summed E-state index contributed by atoms with van der Waals surface area (Å²) in [5.74, 6) is 4.25. The molecule has 0 bridgehead atoms. The molecule has 1 aliphatic rings. The van der Waals surface area contributed by atoms with E-state index in [4.69, 9.17) is 5.84 Å². The second kappa shape index (κ2) is 7.85. The van der Waals surface area contributed by atoms with Gasteiger partial charge in [-0.1, -0.05) is 18.2 Å². The molecule has 1 atom stereocenters. The number of hydrogen-bond acceptors (Lipinski definition) is 4. The molecule has 0 radical (unpaired) electrons. The Bertz CT molecular complexity index is 795. The summed E-state index contributed by atoms with van der Waals surface area (Å²) in [5, 5.41) is 0. The van der Waals surface area contributed by atoms with Gasteiger partial charge >= 0.3 is 0 Å². The minimum atomic E-state index is -0.491. The lowest BCUT2D eigenvalue weighted by molar-refractivity contribution is 0.0953. The van der Waals surface area contributed by atoms with Crippen LogP contribution in [-0.2, 0) is 6.42 Å². The van der Waals surface area contributed by atoms with Crippen molar-refractivity contribution in [3.63, 3.8) is 0 Å². The molecule has 1 amide bonds. The number of piperazine rings is 1. The molecule has 2 aromatic rings. The Hall–Kier alpha value is -2.44. The van der Waals surface area contributed by atoms with E-state index in [1.165, 1.54) is 17.3 Å². The number of halogens is 1. The van der Waals surface area contributed by atoms with Gasteiger partial charge in [0.15, 0.2) is 0 Å². The molecule has 0 aromatic heterocycles. The van der Waals surface area contributed by atoms with Crippen LogP contribution in [0, 0.1) is 12.7 Å². The molecular formula is C20H25FN4O. The first kappa shape index (κ1) is 18.4. The summed E-state index contributed by atoms with van der Waals surface area (Å²) in [6.07, 6.45) is 0.578. The molecule has 5 nitrogen and oxygen atoms in total. The number of nitrogens with zero attached hydrogens (tertiary/aromatic N) is 2. The Balaban J connectivity index is 1.84. The second-order valence-electron chi connectivity index (χ2n) is 6.93. The summed E-state index contributed by atoms with van der Waals surface area (Å²) in [6, 6.07) is 13.1. The number of rotatable bonds is 4. The van der Waals surface area contributed by atoms with Gasteiger partial charge in [0.25, 0.3) is 5.91 Å². The van der Waals surface area contributed by atoms with Crippen molar-refractivity contribution in [1.29, 1.82) is 0 Å². The molecule has 3 rings (SSSR count). The highest BCUT2D eigenvalue weighted by atomic mass is 19.1. The van der Waals surface area contributed by atoms with Crippen molar-refractivity contribution in [2.75, 3.05) is 31.6 Å². The molecule has 26 heavy (non-hydrogen) atoms. The number of nitrogens with one attached hydrogen (secondary N) is 1. The van der Waals surface area contributed by atoms with Crippen LogP contribution in [0.3, 0.4) is 0 Å². The van der Waals surface area contributed by atoms with Gasteiger partial charge < -0.3 is 9.80 Å². The number of benzene rings is 2. The molecule has 1 aliphatic heterocycles. The minimum absolute atomic E-state index is 0.166. The lowest BCUT2D eigenvalue weighted by Gasteiger charge is -2.42. The highest BCUT2D eigenvalue weighted by Gasteiger charge is 2.26. The molecular weight excluding hydrogens is 331 g/mol. The molecule has 0 aliphatic carbocycles. The number of anilines is 1. The summed E-state index contributed by atoms with van der Waals surface area (Å²) in [4.78, 5) is 16.2. The van der Waals surface area contributed by atoms with E-state index in [2.05, 4.69) is 48.0 Å². The number of hydrazine groups is 1. The minimum Gasteiger partial charge on any atom is -0.366 e. The van der Waals surface area contributed by atoms with Crippen LogP contribution in [-0.4, -0.2) is 43.5 Å². The van der Waals surface area contributed by atoms with Crippen molar-refractivity contribution in [1.82, 2.24) is 10.3 Å². The van der Waals surface area contributed by atoms with Crippen LogP contribution in [0.2, 0.25) is 0 Å². The lowest BCUT2D eigenvalue weighted by atomic mass is 9.99. The predicted molar refractivity (Wildman–Crippen MR) is 102 cm³/mol. The van der Waals surface area contributed by atoms with Crippen LogP contribution >= 0.6 is 0 Å². The molecule has 1 fully saturated rings. The van der Waals surface area contributed by atoms with Gasteiger partial charge in [0.05, 0.1) is 0 Å². The normalized spacial score (nSPS) is 18.0. The SMILES string of the molecule is Cc1cccc(N2CCN(C)CC2Cc2ccc(C(=O)NN)cc2F)c1. The van der Waals surface area contributed by atoms with Gasteiger partial charge in [-0.25, -0.2) is 10.2 Å². The number of carbonyl (C=O) groups is 1. The standard InChI is InChI=1S/C20H25FN4O/c1-14-4-3-5-17(10-14)25-9-8-24(2)13-18(25)11-15-6-7-16(12-19(15)21)20(26)23-22/h3-7,10,12,18H,8-9,11,13,22H2,1-2H3,(H,23,26). The van der Waals surface area contributed by atoms with Crippen LogP contribution in [0.1, 0.15) is 21.5 Å². The molecule has 1 heterocycles. The summed E-state index contributed by atoms with van der Waals surface area (Å²) < 4.78 is 14.5. The van der Waals surface area contributed by atoms with Gasteiger partial charge in [0.1, 0.15) is 5.82 Å². The van der Waals surface area contributed by atoms with E-state index >= 15 is 0 Å². The van der Waals surface area contributed by atoms with Gasteiger partial charge in [-0.2, -0.15) is 0 Å².